The van der Waals surface area contributed by atoms with Crippen LogP contribution in [-0.2, 0) is 9.84 Å². The third-order valence-corrected chi connectivity index (χ3v) is 3.44. The van der Waals surface area contributed by atoms with E-state index in [1.165, 1.54) is 19.2 Å². The third kappa shape index (κ3) is 5.12. The monoisotopic (exact) mass is 288 g/mol. The summed E-state index contributed by atoms with van der Waals surface area (Å²) in [7, 11) is -1.58. The number of benzene rings is 1. The summed E-state index contributed by atoms with van der Waals surface area (Å²) in [6.07, 6.45) is 1.55. The van der Waals surface area contributed by atoms with E-state index in [-0.39, 0.29) is 11.4 Å². The Morgan fingerprint density at radius 2 is 2.11 bits per heavy atom. The highest BCUT2D eigenvalue weighted by Crippen LogP contribution is 2.28. The van der Waals surface area contributed by atoms with Crippen molar-refractivity contribution >= 4 is 21.2 Å². The smallest absolute Gasteiger partial charge is 0.296 e. The van der Waals surface area contributed by atoms with E-state index in [4.69, 9.17) is 4.74 Å². The zero-order valence-electron chi connectivity index (χ0n) is 10.8. The predicted molar refractivity (Wildman–Crippen MR) is 72.5 cm³/mol. The molecule has 0 aliphatic heterocycles. The largest absolute Gasteiger partial charge is 0.496 e. The minimum absolute atomic E-state index is 0.0456. The molecule has 7 nitrogen and oxygen atoms in total. The maximum absolute atomic E-state index is 10.9. The fourth-order valence-corrected chi connectivity index (χ4v) is 2.17. The molecule has 0 aliphatic carbocycles. The van der Waals surface area contributed by atoms with Gasteiger partial charge in [0.2, 0.25) is 0 Å². The number of rotatable bonds is 7. The average Bonchev–Trinajstić information content (AvgIpc) is 2.33. The van der Waals surface area contributed by atoms with Gasteiger partial charge in [-0.15, -0.1) is 0 Å². The number of ether oxygens (including phenoxy) is 1. The highest BCUT2D eigenvalue weighted by molar-refractivity contribution is 7.90. The Hall–Kier alpha value is -1.83. The maximum atomic E-state index is 10.9. The minimum Gasteiger partial charge on any atom is -0.496 e. The van der Waals surface area contributed by atoms with E-state index < -0.39 is 14.8 Å². The van der Waals surface area contributed by atoms with E-state index in [0.717, 1.165) is 6.26 Å². The predicted octanol–water partition coefficient (Wildman–Crippen LogP) is 1.45. The summed E-state index contributed by atoms with van der Waals surface area (Å²) in [5.41, 5.74) is 0.248. The van der Waals surface area contributed by atoms with Gasteiger partial charge in [0, 0.05) is 12.8 Å². The van der Waals surface area contributed by atoms with E-state index >= 15 is 0 Å². The number of nitro benzene ring substituents is 1. The Labute approximate surface area is 111 Å². The molecule has 1 aromatic carbocycles. The Morgan fingerprint density at radius 1 is 1.42 bits per heavy atom. The SMILES string of the molecule is COc1ccc(NCCCS(C)(=O)=O)c([N+](=O)[O-])c1. The van der Waals surface area contributed by atoms with Crippen molar-refractivity contribution < 1.29 is 18.1 Å². The standard InChI is InChI=1S/C11H16N2O5S/c1-18-9-4-5-10(11(8-9)13(14)15)12-6-3-7-19(2,16)17/h4-5,8,12H,3,6-7H2,1-2H3. The minimum atomic E-state index is -3.01. The molecule has 8 heteroatoms. The second-order valence-electron chi connectivity index (χ2n) is 4.05. The molecule has 1 rings (SSSR count). The number of sulfone groups is 1. The van der Waals surface area contributed by atoms with Crippen LogP contribution in [0.5, 0.6) is 5.75 Å². The lowest BCUT2D eigenvalue weighted by atomic mass is 10.2. The van der Waals surface area contributed by atoms with Gasteiger partial charge in [0.05, 0.1) is 23.9 Å². The number of hydrogen-bond acceptors (Lipinski definition) is 6. The summed E-state index contributed by atoms with van der Waals surface area (Å²) < 4.78 is 26.8. The molecule has 0 heterocycles. The van der Waals surface area contributed by atoms with Gasteiger partial charge >= 0.3 is 0 Å². The van der Waals surface area contributed by atoms with Crippen LogP contribution in [0.3, 0.4) is 0 Å². The average molecular weight is 288 g/mol. The highest BCUT2D eigenvalue weighted by atomic mass is 32.2. The summed E-state index contributed by atoms with van der Waals surface area (Å²) in [6, 6.07) is 4.46. The van der Waals surface area contributed by atoms with Crippen LogP contribution in [0.25, 0.3) is 0 Å². The van der Waals surface area contributed by atoms with Crippen LogP contribution in [0.1, 0.15) is 6.42 Å². The normalized spacial score (nSPS) is 11.1. The summed E-state index contributed by atoms with van der Waals surface area (Å²) in [5, 5.41) is 13.8. The maximum Gasteiger partial charge on any atom is 0.296 e. The first kappa shape index (κ1) is 15.2. The molecular formula is C11H16N2O5S. The first-order valence-corrected chi connectivity index (χ1v) is 7.63. The van der Waals surface area contributed by atoms with E-state index in [2.05, 4.69) is 5.32 Å². The van der Waals surface area contributed by atoms with Crippen molar-refractivity contribution in [1.29, 1.82) is 0 Å². The van der Waals surface area contributed by atoms with Crippen molar-refractivity contribution in [2.45, 2.75) is 6.42 Å². The van der Waals surface area contributed by atoms with E-state index in [9.17, 15) is 18.5 Å². The van der Waals surface area contributed by atoms with E-state index in [1.54, 1.807) is 6.07 Å². The van der Waals surface area contributed by atoms with Crippen LogP contribution in [0.15, 0.2) is 18.2 Å². The van der Waals surface area contributed by atoms with Crippen molar-refractivity contribution in [3.63, 3.8) is 0 Å². The number of nitrogens with one attached hydrogen (secondary N) is 1. The number of nitro groups is 1. The second-order valence-corrected chi connectivity index (χ2v) is 6.31. The molecule has 0 fully saturated rings. The summed E-state index contributed by atoms with van der Waals surface area (Å²) >= 11 is 0. The first-order valence-electron chi connectivity index (χ1n) is 5.57. The lowest BCUT2D eigenvalue weighted by Crippen LogP contribution is -2.10. The molecule has 0 bridgehead atoms. The van der Waals surface area contributed by atoms with Crippen molar-refractivity contribution in [3.8, 4) is 5.75 Å². The van der Waals surface area contributed by atoms with Crippen molar-refractivity contribution in [2.75, 3.05) is 31.0 Å². The lowest BCUT2D eigenvalue weighted by molar-refractivity contribution is -0.384. The molecule has 0 atom stereocenters. The molecule has 0 saturated heterocycles. The van der Waals surface area contributed by atoms with Gasteiger partial charge in [-0.1, -0.05) is 0 Å². The molecule has 106 valence electrons. The van der Waals surface area contributed by atoms with Crippen LogP contribution < -0.4 is 10.1 Å². The lowest BCUT2D eigenvalue weighted by Gasteiger charge is -2.08. The number of anilines is 1. The number of methoxy groups -OCH3 is 1. The van der Waals surface area contributed by atoms with Crippen molar-refractivity contribution in [2.24, 2.45) is 0 Å². The Kier molecular flexibility index (Phi) is 5.11. The van der Waals surface area contributed by atoms with Crippen LogP contribution in [0.2, 0.25) is 0 Å². The molecule has 0 spiro atoms. The Balaban J connectivity index is 2.70. The highest BCUT2D eigenvalue weighted by Gasteiger charge is 2.14. The van der Waals surface area contributed by atoms with Gasteiger partial charge in [-0.3, -0.25) is 10.1 Å². The quantitative estimate of drug-likeness (QED) is 0.463. The topological polar surface area (TPSA) is 98.5 Å². The molecular weight excluding hydrogens is 272 g/mol. The zero-order valence-corrected chi connectivity index (χ0v) is 11.6. The molecule has 0 radical (unpaired) electrons. The van der Waals surface area contributed by atoms with Crippen LogP contribution in [-0.4, -0.2) is 39.0 Å². The van der Waals surface area contributed by atoms with Gasteiger partial charge in [0.25, 0.3) is 5.69 Å². The molecule has 0 aromatic heterocycles. The second kappa shape index (κ2) is 6.37. The third-order valence-electron chi connectivity index (χ3n) is 2.41. The van der Waals surface area contributed by atoms with Gasteiger partial charge in [-0.05, 0) is 18.6 Å². The van der Waals surface area contributed by atoms with Gasteiger partial charge in [-0.2, -0.15) is 0 Å². The van der Waals surface area contributed by atoms with Crippen LogP contribution >= 0.6 is 0 Å². The fraction of sp³-hybridized carbons (Fsp3) is 0.455. The van der Waals surface area contributed by atoms with Gasteiger partial charge < -0.3 is 10.1 Å². The van der Waals surface area contributed by atoms with Crippen LogP contribution in [0, 0.1) is 10.1 Å². The molecule has 0 saturated carbocycles. The van der Waals surface area contributed by atoms with Crippen LogP contribution in [0.4, 0.5) is 11.4 Å². The van der Waals surface area contributed by atoms with E-state index in [0.29, 0.717) is 24.4 Å². The molecule has 1 aromatic rings. The first-order chi connectivity index (χ1) is 8.83. The van der Waals surface area contributed by atoms with Gasteiger partial charge in [0.15, 0.2) is 0 Å². The van der Waals surface area contributed by atoms with E-state index in [1.807, 2.05) is 0 Å². The molecule has 0 aliphatic rings. The fourth-order valence-electron chi connectivity index (χ4n) is 1.50. The van der Waals surface area contributed by atoms with Gasteiger partial charge in [-0.25, -0.2) is 8.42 Å². The summed E-state index contributed by atoms with van der Waals surface area (Å²) in [4.78, 5) is 10.4. The van der Waals surface area contributed by atoms with Crippen molar-refractivity contribution in [3.05, 3.63) is 28.3 Å². The summed E-state index contributed by atoms with van der Waals surface area (Å²) in [5.74, 6) is 0.442. The van der Waals surface area contributed by atoms with Crippen molar-refractivity contribution in [1.82, 2.24) is 0 Å². The molecule has 0 unspecified atom stereocenters. The molecule has 0 amide bonds. The van der Waals surface area contributed by atoms with Gasteiger partial charge in [0.1, 0.15) is 21.3 Å². The number of nitrogens with zero attached hydrogens (tertiary/aromatic N) is 1. The Morgan fingerprint density at radius 3 is 2.63 bits per heavy atom. The summed E-state index contributed by atoms with van der Waals surface area (Å²) in [6.45, 7) is 0.347. The Bertz CT molecular complexity index is 556. The molecule has 1 N–H and O–H groups in total. The number of hydrogen-bond donors (Lipinski definition) is 1. The molecule has 19 heavy (non-hydrogen) atoms. The zero-order chi connectivity index (χ0) is 14.5.